The van der Waals surface area contributed by atoms with Crippen molar-refractivity contribution in [2.75, 3.05) is 26.3 Å². The van der Waals surface area contributed by atoms with Crippen molar-refractivity contribution in [1.29, 1.82) is 0 Å². The molecule has 162 valence electrons. The summed E-state index contributed by atoms with van der Waals surface area (Å²) in [5.74, 6) is -1.09. The van der Waals surface area contributed by atoms with Gasteiger partial charge in [-0.15, -0.1) is 0 Å². The van der Waals surface area contributed by atoms with Gasteiger partial charge in [-0.25, -0.2) is 9.69 Å². The molecule has 1 fully saturated rings. The van der Waals surface area contributed by atoms with Gasteiger partial charge in [-0.05, 0) is 29.5 Å². The first kappa shape index (κ1) is 21.6. The van der Waals surface area contributed by atoms with Crippen molar-refractivity contribution >= 4 is 23.8 Å². The monoisotopic (exact) mass is 417 g/mol. The predicted molar refractivity (Wildman–Crippen MR) is 107 cm³/mol. The minimum Gasteiger partial charge on any atom is -0.486 e. The lowest BCUT2D eigenvalue weighted by Crippen LogP contribution is -2.43. The Labute approximate surface area is 175 Å². The quantitative estimate of drug-likeness (QED) is 0.535. The molecule has 1 saturated heterocycles. The molecule has 1 atom stereocenters. The van der Waals surface area contributed by atoms with Crippen LogP contribution in [0.15, 0.2) is 18.2 Å². The summed E-state index contributed by atoms with van der Waals surface area (Å²) in [6.45, 7) is 8.13. The van der Waals surface area contributed by atoms with Gasteiger partial charge in [0.15, 0.2) is 11.5 Å². The molecule has 2 aliphatic heterocycles. The van der Waals surface area contributed by atoms with Crippen LogP contribution in [0.25, 0.3) is 0 Å². The van der Waals surface area contributed by atoms with Gasteiger partial charge in [0.2, 0.25) is 5.91 Å². The van der Waals surface area contributed by atoms with E-state index in [1.807, 2.05) is 39.8 Å². The third-order valence-electron chi connectivity index (χ3n) is 4.89. The fourth-order valence-electron chi connectivity index (χ4n) is 3.47. The molecule has 30 heavy (non-hydrogen) atoms. The fourth-order valence-corrected chi connectivity index (χ4v) is 3.47. The first-order valence-corrected chi connectivity index (χ1v) is 10.0. The van der Waals surface area contributed by atoms with Crippen LogP contribution in [0, 0.1) is 11.8 Å². The average molecular weight is 417 g/mol. The Hall–Kier alpha value is -3.10. The Morgan fingerprint density at radius 1 is 1.00 bits per heavy atom. The number of carbonyl (C=O) groups excluding carboxylic acids is 4. The molecule has 1 aromatic rings. The molecule has 1 N–H and O–H groups in total. The Morgan fingerprint density at radius 3 is 2.27 bits per heavy atom. The first-order chi connectivity index (χ1) is 14.2. The van der Waals surface area contributed by atoms with Crippen LogP contribution >= 0.6 is 0 Å². The molecule has 0 aliphatic carbocycles. The number of urea groups is 1. The van der Waals surface area contributed by atoms with Crippen LogP contribution in [0.2, 0.25) is 0 Å². The topological polar surface area (TPSA) is 105 Å². The van der Waals surface area contributed by atoms with Crippen LogP contribution in [-0.4, -0.2) is 59.9 Å². The lowest BCUT2D eigenvalue weighted by atomic mass is 9.95. The highest BCUT2D eigenvalue weighted by atomic mass is 16.6. The molecule has 1 aromatic carbocycles. The van der Waals surface area contributed by atoms with Crippen molar-refractivity contribution in [3.63, 3.8) is 0 Å². The summed E-state index contributed by atoms with van der Waals surface area (Å²) < 4.78 is 11.1. The number of nitrogens with zero attached hydrogens (tertiary/aromatic N) is 2. The number of rotatable bonds is 7. The van der Waals surface area contributed by atoms with Crippen molar-refractivity contribution in [2.45, 2.75) is 33.7 Å². The number of imide groups is 2. The molecule has 0 unspecified atom stereocenters. The van der Waals surface area contributed by atoms with Gasteiger partial charge in [-0.1, -0.05) is 33.8 Å². The van der Waals surface area contributed by atoms with E-state index in [2.05, 4.69) is 5.32 Å². The van der Waals surface area contributed by atoms with Crippen molar-refractivity contribution in [3.05, 3.63) is 23.8 Å². The molecule has 0 saturated carbocycles. The number of ether oxygens (including phenoxy) is 2. The first-order valence-electron chi connectivity index (χ1n) is 10.0. The van der Waals surface area contributed by atoms with E-state index in [-0.39, 0.29) is 24.4 Å². The van der Waals surface area contributed by atoms with Crippen molar-refractivity contribution < 1.29 is 28.7 Å². The number of benzene rings is 1. The van der Waals surface area contributed by atoms with Crippen LogP contribution in [-0.2, 0) is 14.4 Å². The van der Waals surface area contributed by atoms with Crippen molar-refractivity contribution in [3.8, 4) is 11.5 Å². The summed E-state index contributed by atoms with van der Waals surface area (Å²) in [5, 5.41) is 2.87. The molecule has 0 radical (unpaired) electrons. The summed E-state index contributed by atoms with van der Waals surface area (Å²) in [6.07, 6.45) is 0. The number of hydrogen-bond acceptors (Lipinski definition) is 6. The number of fused-ring (bicyclic) bond motifs is 1. The van der Waals surface area contributed by atoms with E-state index >= 15 is 0 Å². The highest BCUT2D eigenvalue weighted by Gasteiger charge is 2.45. The van der Waals surface area contributed by atoms with Gasteiger partial charge in [0.25, 0.3) is 0 Å². The molecule has 9 nitrogen and oxygen atoms in total. The minimum absolute atomic E-state index is 0.0139. The van der Waals surface area contributed by atoms with Crippen LogP contribution in [0.4, 0.5) is 4.79 Å². The molecule has 0 bridgehead atoms. The predicted octanol–water partition coefficient (Wildman–Crippen LogP) is 1.72. The van der Waals surface area contributed by atoms with E-state index in [9.17, 15) is 19.2 Å². The summed E-state index contributed by atoms with van der Waals surface area (Å²) in [7, 11) is 0. The molecule has 9 heteroatoms. The van der Waals surface area contributed by atoms with E-state index < -0.39 is 30.3 Å². The molecule has 2 heterocycles. The number of carbonyl (C=O) groups is 4. The zero-order valence-electron chi connectivity index (χ0n) is 17.6. The van der Waals surface area contributed by atoms with Crippen LogP contribution in [0.5, 0.6) is 11.5 Å². The second kappa shape index (κ2) is 8.73. The van der Waals surface area contributed by atoms with E-state index in [0.29, 0.717) is 29.6 Å². The number of amides is 5. The van der Waals surface area contributed by atoms with Gasteiger partial charge in [0, 0.05) is 6.54 Å². The maximum Gasteiger partial charge on any atom is 0.334 e. The highest BCUT2D eigenvalue weighted by Crippen LogP contribution is 2.34. The average Bonchev–Trinajstić information content (AvgIpc) is 2.89. The second-order valence-corrected chi connectivity index (χ2v) is 8.18. The lowest BCUT2D eigenvalue weighted by molar-refractivity contribution is -0.144. The van der Waals surface area contributed by atoms with Gasteiger partial charge < -0.3 is 14.8 Å². The summed E-state index contributed by atoms with van der Waals surface area (Å²) in [6, 6.07) is 4.33. The van der Waals surface area contributed by atoms with E-state index in [1.54, 1.807) is 6.07 Å². The van der Waals surface area contributed by atoms with Crippen molar-refractivity contribution in [2.24, 2.45) is 11.8 Å². The van der Waals surface area contributed by atoms with Gasteiger partial charge >= 0.3 is 17.8 Å². The Balaban J connectivity index is 1.71. The normalized spacial score (nSPS) is 17.2. The van der Waals surface area contributed by atoms with Crippen molar-refractivity contribution in [1.82, 2.24) is 15.1 Å². The third-order valence-corrected chi connectivity index (χ3v) is 4.89. The SMILES string of the molecule is CC(C)CN1C(=O)C(=O)N(CC(=O)N[C@@H](c2ccc3c(c2)OCCO3)C(C)C)C1=O. The molecule has 2 aliphatic rings. The Morgan fingerprint density at radius 2 is 1.63 bits per heavy atom. The van der Waals surface area contributed by atoms with Crippen LogP contribution < -0.4 is 14.8 Å². The lowest BCUT2D eigenvalue weighted by Gasteiger charge is -2.26. The Bertz CT molecular complexity index is 866. The summed E-state index contributed by atoms with van der Waals surface area (Å²) >= 11 is 0. The third kappa shape index (κ3) is 4.39. The van der Waals surface area contributed by atoms with Gasteiger partial charge in [0.05, 0.1) is 6.04 Å². The molecular weight excluding hydrogens is 390 g/mol. The maximum atomic E-state index is 12.7. The maximum absolute atomic E-state index is 12.7. The largest absolute Gasteiger partial charge is 0.486 e. The zero-order valence-corrected chi connectivity index (χ0v) is 17.6. The van der Waals surface area contributed by atoms with Gasteiger partial charge in [-0.2, -0.15) is 0 Å². The minimum atomic E-state index is -0.976. The molecule has 0 aromatic heterocycles. The Kier molecular flexibility index (Phi) is 6.28. The van der Waals surface area contributed by atoms with Crippen LogP contribution in [0.1, 0.15) is 39.3 Å². The second-order valence-electron chi connectivity index (χ2n) is 8.18. The summed E-state index contributed by atoms with van der Waals surface area (Å²) in [4.78, 5) is 51.0. The van der Waals surface area contributed by atoms with Gasteiger partial charge in [-0.3, -0.25) is 19.3 Å². The zero-order chi connectivity index (χ0) is 22.0. The van der Waals surface area contributed by atoms with Crippen LogP contribution in [0.3, 0.4) is 0 Å². The molecule has 3 rings (SSSR count). The standard InChI is InChI=1S/C21H27N3O6/c1-12(2)10-23-19(26)20(27)24(21(23)28)11-17(25)22-18(13(3)4)14-5-6-15-16(9-14)30-8-7-29-15/h5-6,9,12-13,18H,7-8,10-11H2,1-4H3,(H,22,25)/t18-/m1/s1. The van der Waals surface area contributed by atoms with E-state index in [0.717, 1.165) is 10.5 Å². The smallest absolute Gasteiger partial charge is 0.334 e. The summed E-state index contributed by atoms with van der Waals surface area (Å²) in [5.41, 5.74) is 0.819. The van der Waals surface area contributed by atoms with E-state index in [4.69, 9.17) is 9.47 Å². The number of nitrogens with one attached hydrogen (secondary N) is 1. The highest BCUT2D eigenvalue weighted by molar-refractivity contribution is 6.45. The van der Waals surface area contributed by atoms with Gasteiger partial charge in [0.1, 0.15) is 19.8 Å². The molecular formula is C21H27N3O6. The number of hydrogen-bond donors (Lipinski definition) is 1. The van der Waals surface area contributed by atoms with E-state index in [1.165, 1.54) is 0 Å². The molecule has 0 spiro atoms. The fraction of sp³-hybridized carbons (Fsp3) is 0.524. The molecule has 5 amide bonds.